The third kappa shape index (κ3) is 2.93. The van der Waals surface area contributed by atoms with Crippen LogP contribution in [0.1, 0.15) is 16.1 Å². The van der Waals surface area contributed by atoms with Crippen molar-refractivity contribution in [2.45, 2.75) is 13.0 Å². The van der Waals surface area contributed by atoms with Gasteiger partial charge in [0.1, 0.15) is 22.8 Å². The molecule has 0 bridgehead atoms. The van der Waals surface area contributed by atoms with Gasteiger partial charge < -0.3 is 19.9 Å². The van der Waals surface area contributed by atoms with E-state index in [0.29, 0.717) is 28.5 Å². The number of carbonyl (C=O) groups is 2. The monoisotopic (exact) mass is 363 g/mol. The van der Waals surface area contributed by atoms with Crippen molar-refractivity contribution in [2.24, 2.45) is 5.73 Å². The Labute approximate surface area is 155 Å². The van der Waals surface area contributed by atoms with E-state index in [1.165, 1.54) is 4.90 Å². The second-order valence-electron chi connectivity index (χ2n) is 6.22. The van der Waals surface area contributed by atoms with Gasteiger partial charge in [-0.05, 0) is 19.1 Å². The van der Waals surface area contributed by atoms with Crippen molar-refractivity contribution < 1.29 is 18.8 Å². The summed E-state index contributed by atoms with van der Waals surface area (Å²) in [5.74, 6) is -0.128. The van der Waals surface area contributed by atoms with Gasteiger partial charge in [0.05, 0.1) is 12.2 Å². The van der Waals surface area contributed by atoms with Gasteiger partial charge in [0, 0.05) is 5.56 Å². The van der Waals surface area contributed by atoms with Gasteiger partial charge in [0.25, 0.3) is 11.8 Å². The van der Waals surface area contributed by atoms with Crippen molar-refractivity contribution in [3.05, 3.63) is 65.9 Å². The van der Waals surface area contributed by atoms with E-state index >= 15 is 0 Å². The fourth-order valence-electron chi connectivity index (χ4n) is 3.13. The SMILES string of the molecule is Cc1onc(-c2ccccc2)c1C(=O)N1C[C@H](C(N)=O)Oc2ccccc21. The first-order valence-corrected chi connectivity index (χ1v) is 8.45. The summed E-state index contributed by atoms with van der Waals surface area (Å²) in [7, 11) is 0. The van der Waals surface area contributed by atoms with Gasteiger partial charge in [-0.2, -0.15) is 0 Å². The fourth-order valence-corrected chi connectivity index (χ4v) is 3.13. The van der Waals surface area contributed by atoms with E-state index in [1.54, 1.807) is 31.2 Å². The Balaban J connectivity index is 1.80. The summed E-state index contributed by atoms with van der Waals surface area (Å²) in [4.78, 5) is 26.6. The molecule has 0 aliphatic carbocycles. The van der Waals surface area contributed by atoms with Crippen LogP contribution in [0.15, 0.2) is 59.1 Å². The fraction of sp³-hybridized carbons (Fsp3) is 0.150. The van der Waals surface area contributed by atoms with Gasteiger partial charge in [-0.15, -0.1) is 0 Å². The summed E-state index contributed by atoms with van der Waals surface area (Å²) in [5, 5.41) is 4.07. The predicted molar refractivity (Wildman–Crippen MR) is 98.4 cm³/mol. The molecule has 7 heteroatoms. The van der Waals surface area contributed by atoms with E-state index in [4.69, 9.17) is 15.0 Å². The molecule has 0 radical (unpaired) electrons. The zero-order valence-electron chi connectivity index (χ0n) is 14.6. The number of aryl methyl sites for hydroxylation is 1. The maximum absolute atomic E-state index is 13.4. The molecule has 27 heavy (non-hydrogen) atoms. The average molecular weight is 363 g/mol. The third-order valence-corrected chi connectivity index (χ3v) is 4.46. The minimum Gasteiger partial charge on any atom is -0.477 e. The van der Waals surface area contributed by atoms with Crippen LogP contribution in [0.5, 0.6) is 5.75 Å². The van der Waals surface area contributed by atoms with Crippen LogP contribution in [-0.2, 0) is 4.79 Å². The van der Waals surface area contributed by atoms with Crippen molar-refractivity contribution in [1.29, 1.82) is 0 Å². The van der Waals surface area contributed by atoms with E-state index in [9.17, 15) is 9.59 Å². The molecule has 0 unspecified atom stereocenters. The van der Waals surface area contributed by atoms with Crippen molar-refractivity contribution in [3.63, 3.8) is 0 Å². The molecule has 2 heterocycles. The number of nitrogens with two attached hydrogens (primary N) is 1. The molecule has 3 aromatic rings. The van der Waals surface area contributed by atoms with Crippen LogP contribution in [0.3, 0.4) is 0 Å². The molecule has 7 nitrogen and oxygen atoms in total. The topological polar surface area (TPSA) is 98.7 Å². The first-order valence-electron chi connectivity index (χ1n) is 8.45. The number of benzene rings is 2. The number of fused-ring (bicyclic) bond motifs is 1. The number of rotatable bonds is 3. The summed E-state index contributed by atoms with van der Waals surface area (Å²) < 4.78 is 10.9. The largest absolute Gasteiger partial charge is 0.477 e. The highest BCUT2D eigenvalue weighted by Gasteiger charge is 2.35. The van der Waals surface area contributed by atoms with Gasteiger partial charge in [0.2, 0.25) is 0 Å². The summed E-state index contributed by atoms with van der Waals surface area (Å²) in [6.07, 6.45) is -0.927. The van der Waals surface area contributed by atoms with E-state index in [1.807, 2.05) is 30.3 Å². The van der Waals surface area contributed by atoms with E-state index < -0.39 is 12.0 Å². The summed E-state index contributed by atoms with van der Waals surface area (Å²) >= 11 is 0. The van der Waals surface area contributed by atoms with Gasteiger partial charge in [0.15, 0.2) is 6.10 Å². The number of aromatic nitrogens is 1. The number of anilines is 1. The van der Waals surface area contributed by atoms with Gasteiger partial charge >= 0.3 is 0 Å². The number of hydrogen-bond donors (Lipinski definition) is 1. The van der Waals surface area contributed by atoms with Crippen LogP contribution >= 0.6 is 0 Å². The number of carbonyl (C=O) groups excluding carboxylic acids is 2. The predicted octanol–water partition coefficient (Wildman–Crippen LogP) is 2.54. The first kappa shape index (κ1) is 16.8. The molecule has 0 fully saturated rings. The molecule has 0 saturated heterocycles. The second-order valence-corrected chi connectivity index (χ2v) is 6.22. The van der Waals surface area contributed by atoms with Crippen molar-refractivity contribution >= 4 is 17.5 Å². The molecule has 4 rings (SSSR count). The number of hydrogen-bond acceptors (Lipinski definition) is 5. The van der Waals surface area contributed by atoms with E-state index in [2.05, 4.69) is 5.16 Å². The molecule has 1 aliphatic heterocycles. The summed E-state index contributed by atoms with van der Waals surface area (Å²) in [5.41, 5.74) is 7.57. The second kappa shape index (κ2) is 6.60. The number of primary amides is 1. The lowest BCUT2D eigenvalue weighted by Gasteiger charge is -2.33. The van der Waals surface area contributed by atoms with E-state index in [-0.39, 0.29) is 12.5 Å². The molecular formula is C20H17N3O4. The number of amides is 2. The third-order valence-electron chi connectivity index (χ3n) is 4.46. The zero-order chi connectivity index (χ0) is 19.0. The number of para-hydroxylation sites is 2. The van der Waals surface area contributed by atoms with Crippen LogP contribution in [0.2, 0.25) is 0 Å². The van der Waals surface area contributed by atoms with Crippen molar-refractivity contribution in [3.8, 4) is 17.0 Å². The molecule has 1 atom stereocenters. The molecular weight excluding hydrogens is 346 g/mol. The molecule has 1 aromatic heterocycles. The Bertz CT molecular complexity index is 1010. The lowest BCUT2D eigenvalue weighted by Crippen LogP contribution is -2.49. The highest BCUT2D eigenvalue weighted by molar-refractivity contribution is 6.11. The summed E-state index contributed by atoms with van der Waals surface area (Å²) in [6, 6.07) is 16.3. The maximum Gasteiger partial charge on any atom is 0.264 e. The van der Waals surface area contributed by atoms with Crippen molar-refractivity contribution in [1.82, 2.24) is 5.16 Å². The molecule has 136 valence electrons. The summed E-state index contributed by atoms with van der Waals surface area (Å²) in [6.45, 7) is 1.70. The highest BCUT2D eigenvalue weighted by atomic mass is 16.5. The van der Waals surface area contributed by atoms with Gasteiger partial charge in [-0.1, -0.05) is 47.6 Å². The van der Waals surface area contributed by atoms with Crippen LogP contribution < -0.4 is 15.4 Å². The van der Waals surface area contributed by atoms with Gasteiger partial charge in [-0.3, -0.25) is 9.59 Å². The number of nitrogens with zero attached hydrogens (tertiary/aromatic N) is 2. The zero-order valence-corrected chi connectivity index (χ0v) is 14.6. The lowest BCUT2D eigenvalue weighted by molar-refractivity contribution is -0.124. The minimum atomic E-state index is -0.927. The van der Waals surface area contributed by atoms with Crippen LogP contribution in [0.25, 0.3) is 11.3 Å². The number of ether oxygens (including phenoxy) is 1. The lowest BCUT2D eigenvalue weighted by atomic mass is 10.0. The Kier molecular flexibility index (Phi) is 4.12. The molecule has 1 aliphatic rings. The quantitative estimate of drug-likeness (QED) is 0.771. The minimum absolute atomic E-state index is 0.0179. The Hall–Kier alpha value is -3.61. The van der Waals surface area contributed by atoms with Crippen LogP contribution in [-0.4, -0.2) is 29.6 Å². The maximum atomic E-state index is 13.4. The van der Waals surface area contributed by atoms with Crippen molar-refractivity contribution in [2.75, 3.05) is 11.4 Å². The Morgan fingerprint density at radius 2 is 1.81 bits per heavy atom. The Morgan fingerprint density at radius 1 is 1.11 bits per heavy atom. The van der Waals surface area contributed by atoms with E-state index in [0.717, 1.165) is 5.56 Å². The Morgan fingerprint density at radius 3 is 2.56 bits per heavy atom. The molecule has 0 saturated carbocycles. The highest BCUT2D eigenvalue weighted by Crippen LogP contribution is 2.36. The molecule has 2 aromatic carbocycles. The van der Waals surface area contributed by atoms with Gasteiger partial charge in [-0.25, -0.2) is 0 Å². The van der Waals surface area contributed by atoms with Crippen LogP contribution in [0.4, 0.5) is 5.69 Å². The average Bonchev–Trinajstić information content (AvgIpc) is 3.08. The molecule has 2 amide bonds. The molecule has 2 N–H and O–H groups in total. The smallest absolute Gasteiger partial charge is 0.264 e. The van der Waals surface area contributed by atoms with Crippen LogP contribution in [0, 0.1) is 6.92 Å². The molecule has 0 spiro atoms. The first-order chi connectivity index (χ1) is 13.1. The standard InChI is InChI=1S/C20H17N3O4/c1-12-17(18(22-27-12)13-7-3-2-4-8-13)20(25)23-11-16(19(21)24)26-15-10-6-5-9-14(15)23/h2-10,16H,11H2,1H3,(H2,21,24)/t16-/m1/s1. The normalized spacial score (nSPS) is 15.7.